The predicted octanol–water partition coefficient (Wildman–Crippen LogP) is 4.05. The number of hydrogen-bond donors (Lipinski definition) is 1. The normalized spacial score (nSPS) is 32.1. The van der Waals surface area contributed by atoms with Crippen LogP contribution in [-0.2, 0) is 4.79 Å². The lowest BCUT2D eigenvalue weighted by molar-refractivity contribution is -0.133. The molecule has 1 aromatic carbocycles. The Morgan fingerprint density at radius 3 is 2.92 bits per heavy atom. The number of carbonyl (C=O) groups excluding carboxylic acids is 1. The average Bonchev–Trinajstić information content (AvgIpc) is 3.35. The fourth-order valence-electron chi connectivity index (χ4n) is 5.45. The number of H-pyrrole nitrogens is 1. The highest BCUT2D eigenvalue weighted by Crippen LogP contribution is 2.50. The maximum absolute atomic E-state index is 13.0. The molecule has 4 unspecified atom stereocenters. The van der Waals surface area contributed by atoms with Gasteiger partial charge in [0.1, 0.15) is 5.82 Å². The van der Waals surface area contributed by atoms with Crippen LogP contribution < -0.4 is 0 Å². The van der Waals surface area contributed by atoms with Crippen molar-refractivity contribution in [2.75, 3.05) is 6.54 Å². The summed E-state index contributed by atoms with van der Waals surface area (Å²) in [4.78, 5) is 23.2. The van der Waals surface area contributed by atoms with Crippen LogP contribution >= 0.6 is 0 Å². The van der Waals surface area contributed by atoms with Crippen LogP contribution in [0.2, 0.25) is 0 Å². The molecule has 2 heterocycles. The van der Waals surface area contributed by atoms with Crippen LogP contribution in [0.15, 0.2) is 24.3 Å². The lowest BCUT2D eigenvalue weighted by Crippen LogP contribution is -2.33. The molecule has 126 valence electrons. The van der Waals surface area contributed by atoms with Gasteiger partial charge in [0, 0.05) is 13.0 Å². The molecule has 1 N–H and O–H groups in total. The average molecular weight is 323 g/mol. The number of aromatic amines is 1. The molecule has 2 bridgehead atoms. The van der Waals surface area contributed by atoms with Crippen molar-refractivity contribution in [3.63, 3.8) is 0 Å². The Hall–Kier alpha value is -1.84. The van der Waals surface area contributed by atoms with E-state index in [2.05, 4.69) is 16.0 Å². The number of fused-ring (bicyclic) bond motifs is 3. The number of rotatable bonds is 3. The van der Waals surface area contributed by atoms with Crippen molar-refractivity contribution in [2.24, 2.45) is 17.8 Å². The predicted molar refractivity (Wildman–Crippen MR) is 93.3 cm³/mol. The molecule has 5 rings (SSSR count). The third-order valence-corrected chi connectivity index (χ3v) is 6.62. The molecule has 2 aliphatic carbocycles. The van der Waals surface area contributed by atoms with Crippen LogP contribution in [0.25, 0.3) is 11.0 Å². The largest absolute Gasteiger partial charge is 0.340 e. The summed E-state index contributed by atoms with van der Waals surface area (Å²) >= 11 is 0. The van der Waals surface area contributed by atoms with Gasteiger partial charge in [-0.25, -0.2) is 4.98 Å². The number of para-hydroxylation sites is 2. The molecule has 0 radical (unpaired) electrons. The van der Waals surface area contributed by atoms with E-state index in [9.17, 15) is 4.79 Å². The summed E-state index contributed by atoms with van der Waals surface area (Å²) in [6.45, 7) is 0.890. The monoisotopic (exact) mass is 323 g/mol. The Morgan fingerprint density at radius 1 is 1.21 bits per heavy atom. The highest BCUT2D eigenvalue weighted by molar-refractivity contribution is 5.78. The molecule has 1 aliphatic heterocycles. The standard InChI is InChI=1S/C20H25N3O/c24-19(12-15-11-13-7-8-14(15)10-13)23-9-3-6-18(23)20-21-16-4-1-2-5-17(16)22-20/h1-2,4-5,13-15,18H,3,6-12H2,(H,21,22). The summed E-state index contributed by atoms with van der Waals surface area (Å²) in [5.74, 6) is 3.71. The number of nitrogens with zero attached hydrogens (tertiary/aromatic N) is 2. The van der Waals surface area contributed by atoms with Crippen molar-refractivity contribution in [1.82, 2.24) is 14.9 Å². The summed E-state index contributed by atoms with van der Waals surface area (Å²) in [6.07, 6.45) is 8.31. The first-order valence-corrected chi connectivity index (χ1v) is 9.52. The summed E-state index contributed by atoms with van der Waals surface area (Å²) < 4.78 is 0. The molecule has 24 heavy (non-hydrogen) atoms. The Morgan fingerprint density at radius 2 is 2.12 bits per heavy atom. The van der Waals surface area contributed by atoms with E-state index in [0.717, 1.165) is 54.5 Å². The number of carbonyl (C=O) groups is 1. The molecule has 1 aromatic heterocycles. The second-order valence-electron chi connectivity index (χ2n) is 8.02. The van der Waals surface area contributed by atoms with Crippen LogP contribution in [-0.4, -0.2) is 27.3 Å². The molecule has 4 nitrogen and oxygen atoms in total. The first-order valence-electron chi connectivity index (χ1n) is 9.52. The van der Waals surface area contributed by atoms with Crippen molar-refractivity contribution < 1.29 is 4.79 Å². The Balaban J connectivity index is 1.34. The molecular formula is C20H25N3O. The van der Waals surface area contributed by atoms with Crippen LogP contribution in [0.5, 0.6) is 0 Å². The van der Waals surface area contributed by atoms with Gasteiger partial charge < -0.3 is 9.88 Å². The first kappa shape index (κ1) is 14.5. The molecule has 3 aliphatic rings. The van der Waals surface area contributed by atoms with Crippen molar-refractivity contribution in [3.8, 4) is 0 Å². The third-order valence-electron chi connectivity index (χ3n) is 6.62. The fourth-order valence-corrected chi connectivity index (χ4v) is 5.45. The van der Waals surface area contributed by atoms with Gasteiger partial charge in [-0.05, 0) is 62.0 Å². The van der Waals surface area contributed by atoms with E-state index in [0.29, 0.717) is 11.8 Å². The minimum absolute atomic E-state index is 0.142. The van der Waals surface area contributed by atoms with Crippen LogP contribution in [0.3, 0.4) is 0 Å². The first-order chi connectivity index (χ1) is 11.8. The van der Waals surface area contributed by atoms with Gasteiger partial charge in [0.2, 0.25) is 5.91 Å². The summed E-state index contributed by atoms with van der Waals surface area (Å²) in [5.41, 5.74) is 2.07. The van der Waals surface area contributed by atoms with Crippen LogP contribution in [0.4, 0.5) is 0 Å². The minimum Gasteiger partial charge on any atom is -0.340 e. The van der Waals surface area contributed by atoms with Gasteiger partial charge in [-0.15, -0.1) is 0 Å². The highest BCUT2D eigenvalue weighted by Gasteiger charge is 2.42. The van der Waals surface area contributed by atoms with Crippen molar-refractivity contribution in [1.29, 1.82) is 0 Å². The van der Waals surface area contributed by atoms with Crippen molar-refractivity contribution in [2.45, 2.75) is 51.0 Å². The molecule has 4 atom stereocenters. The zero-order chi connectivity index (χ0) is 16.1. The fraction of sp³-hybridized carbons (Fsp3) is 0.600. The van der Waals surface area contributed by atoms with Gasteiger partial charge in [0.25, 0.3) is 0 Å². The molecule has 0 spiro atoms. The molecule has 1 amide bonds. The number of likely N-dealkylation sites (tertiary alicyclic amines) is 1. The Kier molecular flexibility index (Phi) is 3.39. The second-order valence-corrected chi connectivity index (χ2v) is 8.02. The van der Waals surface area contributed by atoms with E-state index in [1.165, 1.54) is 25.7 Å². The molecule has 1 saturated heterocycles. The van der Waals surface area contributed by atoms with E-state index in [1.807, 2.05) is 18.2 Å². The zero-order valence-electron chi connectivity index (χ0n) is 14.1. The highest BCUT2D eigenvalue weighted by atomic mass is 16.2. The quantitative estimate of drug-likeness (QED) is 0.926. The van der Waals surface area contributed by atoms with E-state index in [1.54, 1.807) is 0 Å². The lowest BCUT2D eigenvalue weighted by atomic mass is 9.86. The topological polar surface area (TPSA) is 49.0 Å². The molecule has 3 fully saturated rings. The molecule has 2 saturated carbocycles. The molecular weight excluding hydrogens is 298 g/mol. The van der Waals surface area contributed by atoms with Crippen LogP contribution in [0, 0.1) is 17.8 Å². The number of amides is 1. The second kappa shape index (κ2) is 5.61. The SMILES string of the molecule is O=C(CC1CC2CCC1C2)N1CCCC1c1nc2ccccc2[nH]1. The van der Waals surface area contributed by atoms with Gasteiger partial charge in [0.15, 0.2) is 0 Å². The number of benzene rings is 1. The smallest absolute Gasteiger partial charge is 0.223 e. The number of aromatic nitrogens is 2. The van der Waals surface area contributed by atoms with E-state index in [-0.39, 0.29) is 6.04 Å². The maximum atomic E-state index is 13.0. The zero-order valence-corrected chi connectivity index (χ0v) is 14.1. The van der Waals surface area contributed by atoms with E-state index in [4.69, 9.17) is 4.98 Å². The number of imidazole rings is 1. The summed E-state index contributed by atoms with van der Waals surface area (Å²) in [7, 11) is 0. The maximum Gasteiger partial charge on any atom is 0.223 e. The number of nitrogens with one attached hydrogen (secondary N) is 1. The third kappa shape index (κ3) is 2.35. The minimum atomic E-state index is 0.142. The Labute approximate surface area is 142 Å². The van der Waals surface area contributed by atoms with Gasteiger partial charge in [-0.1, -0.05) is 18.6 Å². The van der Waals surface area contributed by atoms with Gasteiger partial charge in [-0.3, -0.25) is 4.79 Å². The summed E-state index contributed by atoms with van der Waals surface area (Å²) in [6, 6.07) is 8.27. The Bertz CT molecular complexity index is 734. The molecule has 2 aromatic rings. The van der Waals surface area contributed by atoms with Gasteiger partial charge in [0.05, 0.1) is 17.1 Å². The van der Waals surface area contributed by atoms with Crippen molar-refractivity contribution >= 4 is 16.9 Å². The van der Waals surface area contributed by atoms with Crippen molar-refractivity contribution in [3.05, 3.63) is 30.1 Å². The van der Waals surface area contributed by atoms with Crippen LogP contribution in [0.1, 0.15) is 56.8 Å². The van der Waals surface area contributed by atoms with E-state index >= 15 is 0 Å². The van der Waals surface area contributed by atoms with Gasteiger partial charge >= 0.3 is 0 Å². The summed E-state index contributed by atoms with van der Waals surface area (Å²) in [5, 5.41) is 0. The molecule has 4 heteroatoms. The van der Waals surface area contributed by atoms with Gasteiger partial charge in [-0.2, -0.15) is 0 Å². The number of hydrogen-bond acceptors (Lipinski definition) is 2. The lowest BCUT2D eigenvalue weighted by Gasteiger charge is -2.27. The van der Waals surface area contributed by atoms with E-state index < -0.39 is 0 Å².